The van der Waals surface area contributed by atoms with Crippen LogP contribution in [0.5, 0.6) is 0 Å². The van der Waals surface area contributed by atoms with Gasteiger partial charge in [0.2, 0.25) is 11.8 Å². The quantitative estimate of drug-likeness (QED) is 0.894. The highest BCUT2D eigenvalue weighted by atomic mass is 16.2. The van der Waals surface area contributed by atoms with Gasteiger partial charge in [-0.2, -0.15) is 0 Å². The zero-order valence-electron chi connectivity index (χ0n) is 14.6. The molecule has 2 amide bonds. The maximum absolute atomic E-state index is 12.8. The first-order valence-corrected chi connectivity index (χ1v) is 8.88. The summed E-state index contributed by atoms with van der Waals surface area (Å²) in [5, 5.41) is 3.19. The summed E-state index contributed by atoms with van der Waals surface area (Å²) in [7, 11) is 1.95. The maximum atomic E-state index is 12.8. The fourth-order valence-corrected chi connectivity index (χ4v) is 3.93. The number of hydrogen-bond acceptors (Lipinski definition) is 3. The van der Waals surface area contributed by atoms with E-state index in [-0.39, 0.29) is 23.8 Å². The Hall–Kier alpha value is -1.88. The molecule has 0 spiro atoms. The third-order valence-electron chi connectivity index (χ3n) is 5.35. The topological polar surface area (TPSA) is 52.7 Å². The monoisotopic (exact) mass is 329 g/mol. The number of likely N-dealkylation sites (tertiary alicyclic amines) is 2. The molecule has 5 nitrogen and oxygen atoms in total. The van der Waals surface area contributed by atoms with Gasteiger partial charge in [-0.3, -0.25) is 9.59 Å². The Labute approximate surface area is 144 Å². The number of hydrogen-bond donors (Lipinski definition) is 1. The Morgan fingerprint density at radius 3 is 2.75 bits per heavy atom. The average Bonchev–Trinajstić information content (AvgIpc) is 3.22. The largest absolute Gasteiger partial charge is 0.342 e. The van der Waals surface area contributed by atoms with Gasteiger partial charge in [0.15, 0.2) is 0 Å². The van der Waals surface area contributed by atoms with E-state index in [2.05, 4.69) is 5.32 Å². The van der Waals surface area contributed by atoms with Crippen molar-refractivity contribution < 1.29 is 9.59 Å². The summed E-state index contributed by atoms with van der Waals surface area (Å²) in [5.74, 6) is 0.604. The summed E-state index contributed by atoms with van der Waals surface area (Å²) in [6.45, 7) is 5.17. The van der Waals surface area contributed by atoms with E-state index in [4.69, 9.17) is 0 Å². The number of nitrogens with one attached hydrogen (secondary N) is 1. The molecule has 3 atom stereocenters. The molecule has 2 aliphatic rings. The standard InChI is InChI=1S/C19H27N3O2/c1-14(16-6-4-3-5-7-16)22-13-17(10-18(22)23)19(24)21-9-8-15(12-21)11-20-2/h3-7,14-15,17,20H,8-13H2,1-2H3. The zero-order valence-corrected chi connectivity index (χ0v) is 14.6. The molecule has 0 bridgehead atoms. The number of nitrogens with zero attached hydrogens (tertiary/aromatic N) is 2. The van der Waals surface area contributed by atoms with Crippen molar-refractivity contribution in [2.45, 2.75) is 25.8 Å². The second-order valence-corrected chi connectivity index (χ2v) is 7.03. The van der Waals surface area contributed by atoms with Crippen LogP contribution in [0.2, 0.25) is 0 Å². The number of rotatable bonds is 5. The molecule has 130 valence electrons. The minimum atomic E-state index is -0.183. The van der Waals surface area contributed by atoms with Gasteiger partial charge in [0.25, 0.3) is 0 Å². The van der Waals surface area contributed by atoms with Crippen LogP contribution < -0.4 is 5.32 Å². The van der Waals surface area contributed by atoms with Crippen LogP contribution in [0.4, 0.5) is 0 Å². The van der Waals surface area contributed by atoms with Crippen LogP contribution in [-0.2, 0) is 9.59 Å². The van der Waals surface area contributed by atoms with Crippen LogP contribution in [0.1, 0.15) is 31.4 Å². The molecule has 1 aromatic rings. The number of carbonyl (C=O) groups excluding carboxylic acids is 2. The van der Waals surface area contributed by atoms with Crippen molar-refractivity contribution in [1.82, 2.24) is 15.1 Å². The van der Waals surface area contributed by atoms with Crippen LogP contribution in [0, 0.1) is 11.8 Å². The van der Waals surface area contributed by atoms with E-state index >= 15 is 0 Å². The van der Waals surface area contributed by atoms with E-state index in [1.54, 1.807) is 0 Å². The summed E-state index contributed by atoms with van der Waals surface area (Å²) < 4.78 is 0. The van der Waals surface area contributed by atoms with Crippen LogP contribution in [0.3, 0.4) is 0 Å². The molecular weight excluding hydrogens is 302 g/mol. The molecule has 2 fully saturated rings. The fraction of sp³-hybridized carbons (Fsp3) is 0.579. The Morgan fingerprint density at radius 2 is 2.04 bits per heavy atom. The molecule has 5 heteroatoms. The third-order valence-corrected chi connectivity index (χ3v) is 5.35. The van der Waals surface area contributed by atoms with Gasteiger partial charge in [0.1, 0.15) is 0 Å². The van der Waals surface area contributed by atoms with Crippen LogP contribution >= 0.6 is 0 Å². The normalized spacial score (nSPS) is 25.3. The predicted molar refractivity (Wildman–Crippen MR) is 93.3 cm³/mol. The second kappa shape index (κ2) is 7.34. The highest BCUT2D eigenvalue weighted by Crippen LogP contribution is 2.30. The molecule has 0 saturated carbocycles. The van der Waals surface area contributed by atoms with Crippen molar-refractivity contribution in [2.24, 2.45) is 11.8 Å². The fourth-order valence-electron chi connectivity index (χ4n) is 3.93. The lowest BCUT2D eigenvalue weighted by molar-refractivity contribution is -0.135. The van der Waals surface area contributed by atoms with Gasteiger partial charge >= 0.3 is 0 Å². The van der Waals surface area contributed by atoms with E-state index in [0.29, 0.717) is 18.9 Å². The van der Waals surface area contributed by atoms with E-state index in [1.165, 1.54) is 0 Å². The highest BCUT2D eigenvalue weighted by Gasteiger charge is 2.40. The Morgan fingerprint density at radius 1 is 1.29 bits per heavy atom. The van der Waals surface area contributed by atoms with Crippen molar-refractivity contribution in [1.29, 1.82) is 0 Å². The van der Waals surface area contributed by atoms with Gasteiger partial charge < -0.3 is 15.1 Å². The van der Waals surface area contributed by atoms with Gasteiger partial charge in [-0.1, -0.05) is 30.3 Å². The Kier molecular flexibility index (Phi) is 5.19. The molecule has 1 aromatic carbocycles. The van der Waals surface area contributed by atoms with Gasteiger partial charge in [-0.15, -0.1) is 0 Å². The van der Waals surface area contributed by atoms with Crippen molar-refractivity contribution in [2.75, 3.05) is 33.2 Å². The summed E-state index contributed by atoms with van der Waals surface area (Å²) in [6.07, 6.45) is 1.40. The minimum absolute atomic E-state index is 0.0205. The smallest absolute Gasteiger partial charge is 0.228 e. The lowest BCUT2D eigenvalue weighted by Crippen LogP contribution is -2.37. The first kappa shape index (κ1) is 17.0. The van der Waals surface area contributed by atoms with Crippen molar-refractivity contribution in [3.05, 3.63) is 35.9 Å². The second-order valence-electron chi connectivity index (χ2n) is 7.03. The summed E-state index contributed by atoms with van der Waals surface area (Å²) >= 11 is 0. The average molecular weight is 329 g/mol. The van der Waals surface area contributed by atoms with E-state index in [1.807, 2.05) is 54.1 Å². The minimum Gasteiger partial charge on any atom is -0.342 e. The highest BCUT2D eigenvalue weighted by molar-refractivity contribution is 5.89. The predicted octanol–water partition coefficient (Wildman–Crippen LogP) is 1.66. The first-order valence-electron chi connectivity index (χ1n) is 8.88. The SMILES string of the molecule is CNCC1CCN(C(=O)C2CC(=O)N(C(C)c3ccccc3)C2)C1. The summed E-state index contributed by atoms with van der Waals surface area (Å²) in [6, 6.07) is 10.0. The zero-order chi connectivity index (χ0) is 17.1. The number of benzene rings is 1. The van der Waals surface area contributed by atoms with Gasteiger partial charge in [-0.05, 0) is 38.4 Å². The number of amides is 2. The number of carbonyl (C=O) groups is 2. The molecule has 24 heavy (non-hydrogen) atoms. The van der Waals surface area contributed by atoms with Gasteiger partial charge in [0, 0.05) is 26.1 Å². The summed E-state index contributed by atoms with van der Waals surface area (Å²) in [5.41, 5.74) is 1.12. The van der Waals surface area contributed by atoms with Crippen LogP contribution in [0.25, 0.3) is 0 Å². The maximum Gasteiger partial charge on any atom is 0.228 e. The van der Waals surface area contributed by atoms with Crippen molar-refractivity contribution >= 4 is 11.8 Å². The molecule has 3 rings (SSSR count). The van der Waals surface area contributed by atoms with Gasteiger partial charge in [-0.25, -0.2) is 0 Å². The van der Waals surface area contributed by atoms with E-state index in [0.717, 1.165) is 31.6 Å². The third kappa shape index (κ3) is 3.46. The molecule has 3 unspecified atom stereocenters. The Bertz CT molecular complexity index is 590. The van der Waals surface area contributed by atoms with Crippen LogP contribution in [0.15, 0.2) is 30.3 Å². The molecule has 2 aliphatic heterocycles. The van der Waals surface area contributed by atoms with Crippen molar-refractivity contribution in [3.63, 3.8) is 0 Å². The van der Waals surface area contributed by atoms with Crippen molar-refractivity contribution in [3.8, 4) is 0 Å². The van der Waals surface area contributed by atoms with Crippen LogP contribution in [-0.4, -0.2) is 54.8 Å². The molecular formula is C19H27N3O2. The van der Waals surface area contributed by atoms with E-state index < -0.39 is 0 Å². The van der Waals surface area contributed by atoms with Gasteiger partial charge in [0.05, 0.1) is 12.0 Å². The Balaban J connectivity index is 1.61. The molecule has 1 N–H and O–H groups in total. The first-order chi connectivity index (χ1) is 11.6. The lowest BCUT2D eigenvalue weighted by Gasteiger charge is -2.26. The van der Waals surface area contributed by atoms with E-state index in [9.17, 15) is 9.59 Å². The summed E-state index contributed by atoms with van der Waals surface area (Å²) in [4.78, 5) is 29.0. The molecule has 2 heterocycles. The molecule has 2 saturated heterocycles. The molecule has 0 aromatic heterocycles. The molecule has 0 radical (unpaired) electrons. The lowest BCUT2D eigenvalue weighted by atomic mass is 10.1. The molecule has 0 aliphatic carbocycles.